The summed E-state index contributed by atoms with van der Waals surface area (Å²) in [4.78, 5) is 19.2. The van der Waals surface area contributed by atoms with Gasteiger partial charge in [0.05, 0.1) is 12.2 Å². The fraction of sp³-hybridized carbons (Fsp3) is 0.300. The van der Waals surface area contributed by atoms with Crippen molar-refractivity contribution in [2.24, 2.45) is 0 Å². The lowest BCUT2D eigenvalue weighted by atomic mass is 9.98. The van der Waals surface area contributed by atoms with Crippen LogP contribution in [0.4, 0.5) is 0 Å². The van der Waals surface area contributed by atoms with Gasteiger partial charge in [0.2, 0.25) is 0 Å². The minimum Gasteiger partial charge on any atom is -0.440 e. The van der Waals surface area contributed by atoms with Crippen molar-refractivity contribution in [2.75, 3.05) is 13.1 Å². The van der Waals surface area contributed by atoms with E-state index in [1.54, 1.807) is 22.8 Å². The van der Waals surface area contributed by atoms with Gasteiger partial charge in [0, 0.05) is 17.5 Å². The Kier molecular flexibility index (Phi) is 4.02. The van der Waals surface area contributed by atoms with Gasteiger partial charge in [0.1, 0.15) is 5.52 Å². The van der Waals surface area contributed by atoms with Crippen molar-refractivity contribution in [1.29, 1.82) is 0 Å². The van der Waals surface area contributed by atoms with Gasteiger partial charge < -0.3 is 8.83 Å². The number of oxazole rings is 2. The Bertz CT molecular complexity index is 1140. The lowest BCUT2D eigenvalue weighted by molar-refractivity contribution is 0.153. The van der Waals surface area contributed by atoms with Crippen molar-refractivity contribution in [3.8, 4) is 0 Å². The first-order chi connectivity index (χ1) is 13.2. The zero-order valence-electron chi connectivity index (χ0n) is 14.6. The maximum absolute atomic E-state index is 12.3. The molecule has 2 aromatic heterocycles. The van der Waals surface area contributed by atoms with Crippen LogP contribution >= 0.6 is 11.6 Å². The molecule has 0 saturated carbocycles. The predicted molar refractivity (Wildman–Crippen MR) is 103 cm³/mol. The van der Waals surface area contributed by atoms with E-state index in [4.69, 9.17) is 20.4 Å². The third kappa shape index (κ3) is 3.05. The molecule has 4 aromatic rings. The maximum Gasteiger partial charge on any atom is 0.421 e. The second kappa shape index (κ2) is 6.55. The highest BCUT2D eigenvalue weighted by atomic mass is 35.5. The topological polar surface area (TPSA) is 64.4 Å². The van der Waals surface area contributed by atoms with Crippen LogP contribution in [-0.2, 0) is 6.67 Å². The van der Waals surface area contributed by atoms with Crippen LogP contribution in [0, 0.1) is 0 Å². The fourth-order valence-electron chi connectivity index (χ4n) is 3.82. The van der Waals surface area contributed by atoms with Gasteiger partial charge in [-0.15, -0.1) is 0 Å². The summed E-state index contributed by atoms with van der Waals surface area (Å²) in [5.41, 5.74) is 2.97. The fourth-order valence-corrected chi connectivity index (χ4v) is 3.99. The minimum atomic E-state index is -0.365. The van der Waals surface area contributed by atoms with Gasteiger partial charge in [-0.25, -0.2) is 9.78 Å². The largest absolute Gasteiger partial charge is 0.440 e. The van der Waals surface area contributed by atoms with E-state index in [-0.39, 0.29) is 11.7 Å². The minimum absolute atomic E-state index is 0.212. The van der Waals surface area contributed by atoms with Crippen molar-refractivity contribution >= 4 is 33.8 Å². The Balaban J connectivity index is 1.41. The van der Waals surface area contributed by atoms with Gasteiger partial charge in [-0.05, 0) is 49.7 Å². The standard InChI is InChI=1S/C20H18ClN3O3/c21-14-7-8-18-16(10-14)24(20(25)27-18)12-23-9-3-4-13(11-23)19-22-15-5-1-2-6-17(15)26-19/h1-2,5-8,10,13H,3-4,9,11-12H2/t13-/m1/s1. The molecule has 5 rings (SSSR count). The van der Waals surface area contributed by atoms with E-state index in [1.807, 2.05) is 24.3 Å². The van der Waals surface area contributed by atoms with E-state index in [2.05, 4.69) is 9.88 Å². The van der Waals surface area contributed by atoms with Gasteiger partial charge in [-0.1, -0.05) is 23.7 Å². The first-order valence-corrected chi connectivity index (χ1v) is 9.42. The molecule has 7 heteroatoms. The SMILES string of the molecule is O=c1oc2ccc(Cl)cc2n1CN1CCC[C@@H](c2nc3ccccc3o2)C1. The molecule has 1 fully saturated rings. The van der Waals surface area contributed by atoms with Crippen LogP contribution in [-0.4, -0.2) is 27.5 Å². The Morgan fingerprint density at radius 2 is 2.04 bits per heavy atom. The van der Waals surface area contributed by atoms with Gasteiger partial charge in [-0.3, -0.25) is 9.47 Å². The van der Waals surface area contributed by atoms with E-state index in [1.165, 1.54) is 0 Å². The predicted octanol–water partition coefficient (Wildman–Crippen LogP) is 4.23. The Hall–Kier alpha value is -2.57. The van der Waals surface area contributed by atoms with Gasteiger partial charge in [0.25, 0.3) is 0 Å². The lowest BCUT2D eigenvalue weighted by Gasteiger charge is -2.31. The monoisotopic (exact) mass is 383 g/mol. The molecule has 0 bridgehead atoms. The molecule has 1 atom stereocenters. The van der Waals surface area contributed by atoms with Crippen LogP contribution < -0.4 is 5.76 Å². The number of aromatic nitrogens is 2. The second-order valence-corrected chi connectivity index (χ2v) is 7.42. The zero-order valence-corrected chi connectivity index (χ0v) is 15.4. The number of nitrogens with zero attached hydrogens (tertiary/aromatic N) is 3. The second-order valence-electron chi connectivity index (χ2n) is 6.99. The van der Waals surface area contributed by atoms with Crippen molar-refractivity contribution in [3.63, 3.8) is 0 Å². The zero-order chi connectivity index (χ0) is 18.4. The number of hydrogen-bond donors (Lipinski definition) is 0. The molecule has 6 nitrogen and oxygen atoms in total. The molecule has 27 heavy (non-hydrogen) atoms. The van der Waals surface area contributed by atoms with Gasteiger partial charge in [-0.2, -0.15) is 0 Å². The molecule has 0 amide bonds. The molecular weight excluding hydrogens is 366 g/mol. The van der Waals surface area contributed by atoms with Gasteiger partial charge in [0.15, 0.2) is 17.1 Å². The average molecular weight is 384 g/mol. The Labute approximate surface area is 159 Å². The summed E-state index contributed by atoms with van der Waals surface area (Å²) < 4.78 is 12.9. The molecule has 2 aromatic carbocycles. The first-order valence-electron chi connectivity index (χ1n) is 9.04. The molecule has 0 aliphatic carbocycles. The number of piperidine rings is 1. The van der Waals surface area contributed by atoms with E-state index >= 15 is 0 Å². The molecule has 3 heterocycles. The third-order valence-electron chi connectivity index (χ3n) is 5.14. The van der Waals surface area contributed by atoms with E-state index in [9.17, 15) is 4.79 Å². The van der Waals surface area contributed by atoms with Crippen LogP contribution in [0.3, 0.4) is 0 Å². The highest BCUT2D eigenvalue weighted by Crippen LogP contribution is 2.29. The molecule has 0 spiro atoms. The Morgan fingerprint density at radius 1 is 1.15 bits per heavy atom. The van der Waals surface area contributed by atoms with Crippen LogP contribution in [0.1, 0.15) is 24.7 Å². The third-order valence-corrected chi connectivity index (χ3v) is 5.37. The van der Waals surface area contributed by atoms with E-state index < -0.39 is 0 Å². The number of likely N-dealkylation sites (tertiary alicyclic amines) is 1. The summed E-state index contributed by atoms with van der Waals surface area (Å²) in [5, 5.41) is 0.583. The summed E-state index contributed by atoms with van der Waals surface area (Å²) in [6, 6.07) is 13.0. The van der Waals surface area contributed by atoms with Crippen molar-refractivity contribution < 1.29 is 8.83 Å². The van der Waals surface area contributed by atoms with Crippen LogP contribution in [0.15, 0.2) is 56.1 Å². The van der Waals surface area contributed by atoms with Crippen molar-refractivity contribution in [1.82, 2.24) is 14.5 Å². The number of para-hydroxylation sites is 2. The highest BCUT2D eigenvalue weighted by molar-refractivity contribution is 6.31. The lowest BCUT2D eigenvalue weighted by Crippen LogP contribution is -2.37. The molecule has 138 valence electrons. The maximum atomic E-state index is 12.3. The molecule has 1 aliphatic heterocycles. The smallest absolute Gasteiger partial charge is 0.421 e. The molecule has 0 N–H and O–H groups in total. The summed E-state index contributed by atoms with van der Waals surface area (Å²) in [7, 11) is 0. The van der Waals surface area contributed by atoms with Crippen LogP contribution in [0.2, 0.25) is 5.02 Å². The van der Waals surface area contributed by atoms with Crippen molar-refractivity contribution in [2.45, 2.75) is 25.4 Å². The number of benzene rings is 2. The summed E-state index contributed by atoms with van der Waals surface area (Å²) in [6.07, 6.45) is 2.05. The molecule has 1 saturated heterocycles. The van der Waals surface area contributed by atoms with Gasteiger partial charge >= 0.3 is 5.76 Å². The van der Waals surface area contributed by atoms with Crippen LogP contribution in [0.25, 0.3) is 22.2 Å². The molecule has 1 aliphatic rings. The summed E-state index contributed by atoms with van der Waals surface area (Å²) in [6.45, 7) is 2.16. The van der Waals surface area contributed by atoms with Crippen LogP contribution in [0.5, 0.6) is 0 Å². The number of rotatable bonds is 3. The summed E-state index contributed by atoms with van der Waals surface area (Å²) in [5.74, 6) is 0.619. The number of hydrogen-bond acceptors (Lipinski definition) is 5. The van der Waals surface area contributed by atoms with E-state index in [0.29, 0.717) is 17.3 Å². The first kappa shape index (κ1) is 16.6. The molecule has 0 unspecified atom stereocenters. The normalized spacial score (nSPS) is 18.5. The average Bonchev–Trinajstić information content (AvgIpc) is 3.24. The number of fused-ring (bicyclic) bond motifs is 2. The number of halogens is 1. The molecule has 0 radical (unpaired) electrons. The Morgan fingerprint density at radius 3 is 2.93 bits per heavy atom. The molecular formula is C20H18ClN3O3. The summed E-state index contributed by atoms with van der Waals surface area (Å²) >= 11 is 6.09. The highest BCUT2D eigenvalue weighted by Gasteiger charge is 2.26. The van der Waals surface area contributed by atoms with Crippen molar-refractivity contribution in [3.05, 3.63) is 63.9 Å². The quantitative estimate of drug-likeness (QED) is 0.529. The van der Waals surface area contributed by atoms with E-state index in [0.717, 1.165) is 48.4 Å².